The zero-order chi connectivity index (χ0) is 18.6. The van der Waals surface area contributed by atoms with Crippen LogP contribution in [0, 0.1) is 0 Å². The number of amides is 1. The van der Waals surface area contributed by atoms with Crippen LogP contribution in [0.15, 0.2) is 64.5 Å². The first kappa shape index (κ1) is 18.3. The second-order valence-electron chi connectivity index (χ2n) is 6.43. The van der Waals surface area contributed by atoms with E-state index in [1.165, 1.54) is 11.8 Å². The molecule has 27 heavy (non-hydrogen) atoms. The van der Waals surface area contributed by atoms with Crippen LogP contribution < -0.4 is 5.32 Å². The molecule has 138 valence electrons. The Morgan fingerprint density at radius 3 is 2.81 bits per heavy atom. The topological polar surface area (TPSA) is 51.2 Å². The van der Waals surface area contributed by atoms with E-state index < -0.39 is 0 Å². The van der Waals surface area contributed by atoms with E-state index in [-0.39, 0.29) is 12.0 Å². The zero-order valence-corrected chi connectivity index (χ0v) is 16.2. The summed E-state index contributed by atoms with van der Waals surface area (Å²) in [7, 11) is 0. The molecular weight excluding hydrogens is 380 g/mol. The molecule has 0 spiro atoms. The number of carbonyl (C=O) groups excluding carboxylic acids is 1. The highest BCUT2D eigenvalue weighted by Gasteiger charge is 2.18. The Morgan fingerprint density at radius 1 is 1.22 bits per heavy atom. The number of nitrogens with one attached hydrogen (secondary N) is 1. The molecule has 1 aliphatic rings. The van der Waals surface area contributed by atoms with Crippen LogP contribution in [-0.4, -0.2) is 30.1 Å². The van der Waals surface area contributed by atoms with Gasteiger partial charge in [-0.05, 0) is 49.2 Å². The van der Waals surface area contributed by atoms with Gasteiger partial charge in [0.25, 0.3) is 5.91 Å². The average molecular weight is 399 g/mol. The van der Waals surface area contributed by atoms with E-state index in [0.717, 1.165) is 40.3 Å². The first-order chi connectivity index (χ1) is 13.2. The Bertz CT molecular complexity index is 956. The van der Waals surface area contributed by atoms with Gasteiger partial charge in [-0.15, -0.1) is 0 Å². The van der Waals surface area contributed by atoms with Gasteiger partial charge >= 0.3 is 0 Å². The minimum atomic E-state index is -0.0953. The lowest BCUT2D eigenvalue weighted by molar-refractivity contribution is 0.0859. The van der Waals surface area contributed by atoms with Crippen LogP contribution in [0.3, 0.4) is 0 Å². The third kappa shape index (κ3) is 4.43. The number of halogens is 1. The average Bonchev–Trinajstić information content (AvgIpc) is 3.21. The quantitative estimate of drug-likeness (QED) is 0.660. The molecule has 6 heteroatoms. The van der Waals surface area contributed by atoms with Crippen molar-refractivity contribution in [3.8, 4) is 0 Å². The van der Waals surface area contributed by atoms with Crippen molar-refractivity contribution in [2.24, 2.45) is 0 Å². The van der Waals surface area contributed by atoms with Gasteiger partial charge in [0, 0.05) is 28.5 Å². The second-order valence-corrected chi connectivity index (χ2v) is 7.96. The smallest absolute Gasteiger partial charge is 0.252 e. The van der Waals surface area contributed by atoms with Gasteiger partial charge < -0.3 is 10.1 Å². The van der Waals surface area contributed by atoms with Crippen LogP contribution in [-0.2, 0) is 4.74 Å². The fraction of sp³-hybridized carbons (Fsp3) is 0.238. The summed E-state index contributed by atoms with van der Waals surface area (Å²) in [5.41, 5.74) is 1.44. The summed E-state index contributed by atoms with van der Waals surface area (Å²) in [4.78, 5) is 18.6. The molecule has 2 heterocycles. The molecule has 0 radical (unpaired) electrons. The van der Waals surface area contributed by atoms with E-state index in [1.54, 1.807) is 0 Å². The summed E-state index contributed by atoms with van der Waals surface area (Å²) >= 11 is 7.47. The predicted octanol–water partition coefficient (Wildman–Crippen LogP) is 4.95. The number of hydrogen-bond donors (Lipinski definition) is 1. The molecule has 0 saturated carbocycles. The van der Waals surface area contributed by atoms with Gasteiger partial charge in [0.05, 0.1) is 17.2 Å². The van der Waals surface area contributed by atoms with Crippen LogP contribution in [0.25, 0.3) is 10.9 Å². The molecule has 1 N–H and O–H groups in total. The maximum atomic E-state index is 12.8. The lowest BCUT2D eigenvalue weighted by Crippen LogP contribution is -2.31. The molecule has 1 saturated heterocycles. The van der Waals surface area contributed by atoms with Crippen molar-refractivity contribution in [3.05, 3.63) is 65.2 Å². The van der Waals surface area contributed by atoms with Crippen LogP contribution in [0.2, 0.25) is 5.02 Å². The van der Waals surface area contributed by atoms with Gasteiger partial charge in [-0.2, -0.15) is 0 Å². The zero-order valence-electron chi connectivity index (χ0n) is 14.7. The van der Waals surface area contributed by atoms with Crippen molar-refractivity contribution in [2.45, 2.75) is 28.9 Å². The number of fused-ring (bicyclic) bond motifs is 1. The van der Waals surface area contributed by atoms with E-state index in [4.69, 9.17) is 21.3 Å². The first-order valence-corrected chi connectivity index (χ1v) is 10.1. The minimum absolute atomic E-state index is 0.0953. The second kappa shape index (κ2) is 8.30. The standard InChI is InChI=1S/C21H19ClN2O2S/c22-14-7-9-16(10-8-14)27-20-12-18(17-5-1-2-6-19(17)24-20)21(25)23-13-15-4-3-11-26-15/h1-2,5-10,12,15H,3-4,11,13H2,(H,23,25)/t15-/m0/s1. The van der Waals surface area contributed by atoms with E-state index >= 15 is 0 Å². The number of aromatic nitrogens is 1. The fourth-order valence-corrected chi connectivity index (χ4v) is 4.08. The SMILES string of the molecule is O=C(NC[C@@H]1CCCO1)c1cc(Sc2ccc(Cl)cc2)nc2ccccc12. The molecule has 1 aliphatic heterocycles. The number of rotatable bonds is 5. The number of para-hydroxylation sites is 1. The van der Waals surface area contributed by atoms with Crippen molar-refractivity contribution in [3.63, 3.8) is 0 Å². The molecule has 1 amide bonds. The van der Waals surface area contributed by atoms with Gasteiger partial charge in [-0.25, -0.2) is 4.98 Å². The molecule has 1 aromatic heterocycles. The lowest BCUT2D eigenvalue weighted by atomic mass is 10.1. The normalized spacial score (nSPS) is 16.6. The molecule has 1 atom stereocenters. The molecule has 4 rings (SSSR count). The number of ether oxygens (including phenoxy) is 1. The van der Waals surface area contributed by atoms with E-state index in [9.17, 15) is 4.79 Å². The van der Waals surface area contributed by atoms with Crippen molar-refractivity contribution in [2.75, 3.05) is 13.2 Å². The van der Waals surface area contributed by atoms with Gasteiger partial charge in [0.1, 0.15) is 5.03 Å². The molecule has 0 unspecified atom stereocenters. The van der Waals surface area contributed by atoms with Crippen molar-refractivity contribution in [1.82, 2.24) is 10.3 Å². The Hall–Kier alpha value is -2.08. The lowest BCUT2D eigenvalue weighted by Gasteiger charge is -2.13. The third-order valence-electron chi connectivity index (χ3n) is 4.49. The van der Waals surface area contributed by atoms with Gasteiger partial charge in [-0.3, -0.25) is 4.79 Å². The van der Waals surface area contributed by atoms with Crippen LogP contribution in [0.4, 0.5) is 0 Å². The van der Waals surface area contributed by atoms with Gasteiger partial charge in [0.2, 0.25) is 0 Å². The number of hydrogen-bond acceptors (Lipinski definition) is 4. The summed E-state index contributed by atoms with van der Waals surface area (Å²) in [6.07, 6.45) is 2.17. The summed E-state index contributed by atoms with van der Waals surface area (Å²) in [5, 5.41) is 5.33. The summed E-state index contributed by atoms with van der Waals surface area (Å²) in [5.74, 6) is -0.0953. The maximum absolute atomic E-state index is 12.8. The molecule has 2 aromatic carbocycles. The minimum Gasteiger partial charge on any atom is -0.376 e. The number of benzene rings is 2. The van der Waals surface area contributed by atoms with Crippen LogP contribution in [0.1, 0.15) is 23.2 Å². The monoisotopic (exact) mass is 398 g/mol. The highest BCUT2D eigenvalue weighted by Crippen LogP contribution is 2.30. The Labute approximate surface area is 167 Å². The number of carbonyl (C=O) groups is 1. The predicted molar refractivity (Wildman–Crippen MR) is 109 cm³/mol. The largest absolute Gasteiger partial charge is 0.376 e. The maximum Gasteiger partial charge on any atom is 0.252 e. The van der Waals surface area contributed by atoms with Crippen molar-refractivity contribution in [1.29, 1.82) is 0 Å². The molecule has 4 nitrogen and oxygen atoms in total. The van der Waals surface area contributed by atoms with Crippen LogP contribution >= 0.6 is 23.4 Å². The molecule has 1 fully saturated rings. The molecule has 0 aliphatic carbocycles. The Morgan fingerprint density at radius 2 is 2.04 bits per heavy atom. The van der Waals surface area contributed by atoms with Crippen molar-refractivity contribution >= 4 is 40.2 Å². The van der Waals surface area contributed by atoms with Crippen molar-refractivity contribution < 1.29 is 9.53 Å². The van der Waals surface area contributed by atoms with Gasteiger partial charge in [0.15, 0.2) is 0 Å². The summed E-state index contributed by atoms with van der Waals surface area (Å²) < 4.78 is 5.60. The highest BCUT2D eigenvalue weighted by molar-refractivity contribution is 7.99. The number of pyridine rings is 1. The van der Waals surface area contributed by atoms with Gasteiger partial charge in [-0.1, -0.05) is 41.6 Å². The Kier molecular flexibility index (Phi) is 5.62. The molecular formula is C21H19ClN2O2S. The summed E-state index contributed by atoms with van der Waals surface area (Å²) in [6.45, 7) is 1.32. The number of nitrogens with zero attached hydrogens (tertiary/aromatic N) is 1. The highest BCUT2D eigenvalue weighted by atomic mass is 35.5. The molecule has 3 aromatic rings. The van der Waals surface area contributed by atoms with E-state index in [0.29, 0.717) is 17.1 Å². The Balaban J connectivity index is 1.61. The fourth-order valence-electron chi connectivity index (χ4n) is 3.12. The van der Waals surface area contributed by atoms with E-state index in [2.05, 4.69) is 5.32 Å². The van der Waals surface area contributed by atoms with Crippen LogP contribution in [0.5, 0.6) is 0 Å². The van der Waals surface area contributed by atoms with E-state index in [1.807, 2.05) is 54.6 Å². The molecule has 0 bridgehead atoms. The summed E-state index contributed by atoms with van der Waals surface area (Å²) in [6, 6.07) is 17.2. The first-order valence-electron chi connectivity index (χ1n) is 8.92. The third-order valence-corrected chi connectivity index (χ3v) is 5.67.